The van der Waals surface area contributed by atoms with Crippen molar-refractivity contribution in [2.75, 3.05) is 0 Å². The summed E-state index contributed by atoms with van der Waals surface area (Å²) in [6.07, 6.45) is 5.93. The van der Waals surface area contributed by atoms with Crippen molar-refractivity contribution in [3.05, 3.63) is 35.4 Å². The lowest BCUT2D eigenvalue weighted by atomic mass is 9.75. The lowest BCUT2D eigenvalue weighted by Crippen LogP contribution is -2.44. The van der Waals surface area contributed by atoms with E-state index < -0.39 is 0 Å². The Morgan fingerprint density at radius 3 is 2.21 bits per heavy atom. The molecule has 3 rings (SSSR count). The van der Waals surface area contributed by atoms with E-state index in [9.17, 15) is 0 Å². The number of hydrogen-bond donors (Lipinski definition) is 3. The van der Waals surface area contributed by atoms with Crippen molar-refractivity contribution in [1.29, 1.82) is 0 Å². The molecule has 1 fully saturated rings. The summed E-state index contributed by atoms with van der Waals surface area (Å²) in [5, 5.41) is 8.68. The summed E-state index contributed by atoms with van der Waals surface area (Å²) >= 11 is 0. The molecule has 0 aromatic heterocycles. The van der Waals surface area contributed by atoms with Crippen molar-refractivity contribution in [1.82, 2.24) is 0 Å². The van der Waals surface area contributed by atoms with Crippen molar-refractivity contribution in [3.8, 4) is 0 Å². The van der Waals surface area contributed by atoms with Crippen LogP contribution in [-0.2, 0) is 6.54 Å². The summed E-state index contributed by atoms with van der Waals surface area (Å²) < 4.78 is 0. The number of benzene rings is 1. The zero-order valence-electron chi connectivity index (χ0n) is 14.9. The van der Waals surface area contributed by atoms with Gasteiger partial charge in [-0.05, 0) is 36.8 Å². The van der Waals surface area contributed by atoms with E-state index in [4.69, 9.17) is 17.2 Å². The van der Waals surface area contributed by atoms with Crippen LogP contribution in [0.4, 0.5) is 0 Å². The van der Waals surface area contributed by atoms with Gasteiger partial charge in [-0.25, -0.2) is 0 Å². The summed E-state index contributed by atoms with van der Waals surface area (Å²) in [6, 6.07) is 8.51. The molecule has 1 aliphatic carbocycles. The van der Waals surface area contributed by atoms with Crippen molar-refractivity contribution >= 4 is 11.9 Å². The van der Waals surface area contributed by atoms with Crippen LogP contribution in [0.2, 0.25) is 0 Å². The monoisotopic (exact) mass is 329 g/mol. The quantitative estimate of drug-likeness (QED) is 0.776. The van der Waals surface area contributed by atoms with Gasteiger partial charge in [0.15, 0.2) is 0 Å². The Morgan fingerprint density at radius 2 is 1.58 bits per heavy atom. The van der Waals surface area contributed by atoms with Crippen molar-refractivity contribution < 1.29 is 0 Å². The molecule has 4 atom stereocenters. The second kappa shape index (κ2) is 9.06. The highest BCUT2D eigenvalue weighted by Gasteiger charge is 2.32. The van der Waals surface area contributed by atoms with Gasteiger partial charge in [0.25, 0.3) is 0 Å². The van der Waals surface area contributed by atoms with Gasteiger partial charge in [0.2, 0.25) is 0 Å². The molecule has 0 saturated heterocycles. The van der Waals surface area contributed by atoms with E-state index >= 15 is 0 Å². The van der Waals surface area contributed by atoms with Gasteiger partial charge in [-0.3, -0.25) is 0 Å². The van der Waals surface area contributed by atoms with E-state index in [1.165, 1.54) is 0 Å². The zero-order valence-corrected chi connectivity index (χ0v) is 14.9. The topological polar surface area (TPSA) is 103 Å². The Kier molecular flexibility index (Phi) is 7.09. The number of nitrogens with zero attached hydrogens (tertiary/aromatic N) is 2. The molecule has 0 spiro atoms. The highest BCUT2D eigenvalue weighted by molar-refractivity contribution is 6.04. The minimum Gasteiger partial charge on any atom is -0.326 e. The summed E-state index contributed by atoms with van der Waals surface area (Å²) in [7, 11) is 0. The molecule has 6 N–H and O–H groups in total. The van der Waals surface area contributed by atoms with E-state index in [2.05, 4.69) is 34.5 Å². The fourth-order valence-corrected chi connectivity index (χ4v) is 3.46. The maximum absolute atomic E-state index is 6.18. The molecule has 5 heteroatoms. The van der Waals surface area contributed by atoms with Gasteiger partial charge in [-0.2, -0.15) is 10.2 Å². The standard InChI is InChI=1S/C17H25N5.C2H6/c18-9-11-1-3-12(4-2-11)17-14-6-8-16(20)15(19)7-5-13(14)10-21-22-17;1-2/h1-4,10,13-16H,5-9,18-20H2;1-2H3. The molecule has 1 heterocycles. The van der Waals surface area contributed by atoms with E-state index in [0.29, 0.717) is 18.4 Å². The summed E-state index contributed by atoms with van der Waals surface area (Å²) in [6.45, 7) is 4.56. The van der Waals surface area contributed by atoms with Crippen LogP contribution in [0.3, 0.4) is 0 Å². The molecule has 0 amide bonds. The molecular weight excluding hydrogens is 298 g/mol. The Hall–Kier alpha value is -1.56. The third-order valence-corrected chi connectivity index (χ3v) is 4.97. The largest absolute Gasteiger partial charge is 0.326 e. The molecule has 0 bridgehead atoms. The molecule has 0 radical (unpaired) electrons. The summed E-state index contributed by atoms with van der Waals surface area (Å²) in [5.74, 6) is 0.806. The third-order valence-electron chi connectivity index (χ3n) is 4.97. The predicted molar refractivity (Wildman–Crippen MR) is 102 cm³/mol. The Morgan fingerprint density at radius 1 is 0.958 bits per heavy atom. The maximum Gasteiger partial charge on any atom is 0.0739 e. The van der Waals surface area contributed by atoms with Crippen molar-refractivity contribution in [3.63, 3.8) is 0 Å². The van der Waals surface area contributed by atoms with Gasteiger partial charge in [0.1, 0.15) is 0 Å². The lowest BCUT2D eigenvalue weighted by Gasteiger charge is -2.33. The maximum atomic E-state index is 6.18. The molecule has 1 saturated carbocycles. The van der Waals surface area contributed by atoms with Gasteiger partial charge in [-0.1, -0.05) is 38.1 Å². The predicted octanol–water partition coefficient (Wildman–Crippen LogP) is 2.42. The van der Waals surface area contributed by atoms with Crippen molar-refractivity contribution in [2.45, 2.75) is 58.2 Å². The fraction of sp³-hybridized carbons (Fsp3) is 0.579. The number of fused-ring (bicyclic) bond motifs is 1. The lowest BCUT2D eigenvalue weighted by molar-refractivity contribution is 0.340. The van der Waals surface area contributed by atoms with Crippen LogP contribution in [0, 0.1) is 11.8 Å². The Bertz CT molecular complexity index is 564. The molecule has 1 aliphatic heterocycles. The molecule has 1 aromatic carbocycles. The third kappa shape index (κ3) is 4.29. The van der Waals surface area contributed by atoms with Gasteiger partial charge in [-0.15, -0.1) is 0 Å². The Balaban J connectivity index is 0.00000100. The van der Waals surface area contributed by atoms with E-state index in [1.807, 2.05) is 20.1 Å². The first kappa shape index (κ1) is 18.8. The highest BCUT2D eigenvalue weighted by atomic mass is 15.2. The second-order valence-corrected chi connectivity index (χ2v) is 6.40. The average molecular weight is 329 g/mol. The molecule has 2 aliphatic rings. The van der Waals surface area contributed by atoms with Crippen molar-refractivity contribution in [2.24, 2.45) is 39.2 Å². The van der Waals surface area contributed by atoms with Gasteiger partial charge in [0, 0.05) is 36.7 Å². The van der Waals surface area contributed by atoms with Crippen LogP contribution in [-0.4, -0.2) is 24.0 Å². The van der Waals surface area contributed by atoms with Gasteiger partial charge in [0.05, 0.1) is 5.71 Å². The fourth-order valence-electron chi connectivity index (χ4n) is 3.46. The number of hydrogen-bond acceptors (Lipinski definition) is 5. The number of nitrogens with two attached hydrogens (primary N) is 3. The first-order valence-electron chi connectivity index (χ1n) is 9.10. The summed E-state index contributed by atoms with van der Waals surface area (Å²) in [4.78, 5) is 0. The summed E-state index contributed by atoms with van der Waals surface area (Å²) in [5.41, 5.74) is 21.3. The SMILES string of the molecule is CC.NCc1ccc(C2=NN=CC3CCC(N)C(N)CCC23)cc1. The molecule has 4 unspecified atom stereocenters. The first-order valence-corrected chi connectivity index (χ1v) is 9.10. The average Bonchev–Trinajstić information content (AvgIpc) is 2.65. The molecule has 24 heavy (non-hydrogen) atoms. The Labute approximate surface area is 145 Å². The van der Waals surface area contributed by atoms with Crippen LogP contribution in [0.5, 0.6) is 0 Å². The molecule has 1 aromatic rings. The smallest absolute Gasteiger partial charge is 0.0739 e. The first-order chi connectivity index (χ1) is 11.7. The van der Waals surface area contributed by atoms with Crippen LogP contribution >= 0.6 is 0 Å². The van der Waals surface area contributed by atoms with Gasteiger partial charge >= 0.3 is 0 Å². The van der Waals surface area contributed by atoms with E-state index in [0.717, 1.165) is 42.5 Å². The normalized spacial score (nSPS) is 29.5. The number of rotatable bonds is 2. The van der Waals surface area contributed by atoms with E-state index in [1.54, 1.807) is 0 Å². The minimum absolute atomic E-state index is 0.0840. The highest BCUT2D eigenvalue weighted by Crippen LogP contribution is 2.32. The van der Waals surface area contributed by atoms with Gasteiger partial charge < -0.3 is 17.2 Å². The van der Waals surface area contributed by atoms with Crippen LogP contribution in [0.15, 0.2) is 34.5 Å². The molecule has 5 nitrogen and oxygen atoms in total. The molecule has 132 valence electrons. The second-order valence-electron chi connectivity index (χ2n) is 6.40. The van der Waals surface area contributed by atoms with Crippen LogP contribution in [0.25, 0.3) is 0 Å². The van der Waals surface area contributed by atoms with Crippen LogP contribution in [0.1, 0.15) is 50.7 Å². The zero-order chi connectivity index (χ0) is 17.5. The van der Waals surface area contributed by atoms with E-state index in [-0.39, 0.29) is 12.1 Å². The molecular formula is C19H31N5. The van der Waals surface area contributed by atoms with Crippen LogP contribution < -0.4 is 17.2 Å². The minimum atomic E-state index is 0.0840.